The van der Waals surface area contributed by atoms with E-state index in [1.54, 1.807) is 20.8 Å². The Kier molecular flexibility index (Phi) is 7.72. The molecule has 0 bridgehead atoms. The van der Waals surface area contributed by atoms with Crippen molar-refractivity contribution in [3.63, 3.8) is 0 Å². The lowest BCUT2D eigenvalue weighted by Gasteiger charge is -2.41. The average Bonchev–Trinajstić information content (AvgIpc) is 2.48. The zero-order valence-electron chi connectivity index (χ0n) is 18.0. The lowest BCUT2D eigenvalue weighted by molar-refractivity contribution is 0.0419. The summed E-state index contributed by atoms with van der Waals surface area (Å²) < 4.78 is 11.6. The molecule has 2 amide bonds. The number of amides is 2. The molecule has 0 aromatic heterocycles. The minimum Gasteiger partial charge on any atom is -0.465 e. The largest absolute Gasteiger partial charge is 0.465 e. The number of nitrogens with zero attached hydrogens (tertiary/aromatic N) is 1. The van der Waals surface area contributed by atoms with E-state index in [9.17, 15) is 14.7 Å². The molecular weight excluding hydrogens is 366 g/mol. The maximum atomic E-state index is 11.9. The van der Waals surface area contributed by atoms with Gasteiger partial charge in [0.25, 0.3) is 0 Å². The van der Waals surface area contributed by atoms with Crippen LogP contribution in [0.1, 0.15) is 48.0 Å². The van der Waals surface area contributed by atoms with Gasteiger partial charge in [0.15, 0.2) is 8.32 Å². The summed E-state index contributed by atoms with van der Waals surface area (Å²) >= 11 is 0. The Morgan fingerprint density at radius 1 is 1.19 bits per heavy atom. The molecule has 1 saturated heterocycles. The number of likely N-dealkylation sites (tertiary alicyclic amines) is 1. The Bertz CT molecular complexity index is 528. The van der Waals surface area contributed by atoms with E-state index in [1.165, 1.54) is 4.90 Å². The molecule has 9 heteroatoms. The summed E-state index contributed by atoms with van der Waals surface area (Å²) in [5.41, 5.74) is 5.03. The van der Waals surface area contributed by atoms with E-state index in [4.69, 9.17) is 9.16 Å². The molecule has 1 aliphatic rings. The molecule has 1 rings (SSSR count). The fourth-order valence-corrected chi connectivity index (χ4v) is 3.62. The molecule has 27 heavy (non-hydrogen) atoms. The molecule has 1 heterocycles. The van der Waals surface area contributed by atoms with Crippen LogP contribution in [0.3, 0.4) is 0 Å². The third-order valence-electron chi connectivity index (χ3n) is 5.23. The zero-order chi connectivity index (χ0) is 21.0. The van der Waals surface area contributed by atoms with Crippen LogP contribution in [0.5, 0.6) is 0 Å². The highest BCUT2D eigenvalue weighted by molar-refractivity contribution is 6.74. The second kappa shape index (κ2) is 8.79. The maximum absolute atomic E-state index is 11.9. The van der Waals surface area contributed by atoms with Gasteiger partial charge in [0.2, 0.25) is 0 Å². The van der Waals surface area contributed by atoms with E-state index >= 15 is 0 Å². The number of hydrogen-bond acceptors (Lipinski definition) is 5. The van der Waals surface area contributed by atoms with Crippen LogP contribution >= 0.6 is 0 Å². The number of piperidine rings is 1. The number of ether oxygens (including phenoxy) is 1. The molecule has 158 valence electrons. The molecule has 1 fully saturated rings. The lowest BCUT2D eigenvalue weighted by atomic mass is 9.93. The quantitative estimate of drug-likeness (QED) is 0.480. The highest BCUT2D eigenvalue weighted by atomic mass is 28.4. The molecule has 2 atom stereocenters. The molecule has 2 unspecified atom stereocenters. The number of rotatable bonds is 5. The van der Waals surface area contributed by atoms with Crippen LogP contribution in [-0.2, 0) is 9.16 Å². The average molecular weight is 404 g/mol. The number of carbonyl (C=O) groups excluding carboxylic acids is 1. The smallest absolute Gasteiger partial charge is 0.422 e. The summed E-state index contributed by atoms with van der Waals surface area (Å²) in [4.78, 5) is 24.7. The van der Waals surface area contributed by atoms with E-state index < -0.39 is 26.1 Å². The number of hydrazine groups is 1. The van der Waals surface area contributed by atoms with Gasteiger partial charge >= 0.3 is 12.2 Å². The molecule has 0 saturated carbocycles. The monoisotopic (exact) mass is 403 g/mol. The molecule has 1 aliphatic heterocycles. The van der Waals surface area contributed by atoms with Gasteiger partial charge < -0.3 is 19.2 Å². The maximum Gasteiger partial charge on any atom is 0.422 e. The highest BCUT2D eigenvalue weighted by Crippen LogP contribution is 2.37. The van der Waals surface area contributed by atoms with Crippen molar-refractivity contribution in [1.82, 2.24) is 15.8 Å². The standard InChI is InChI=1S/C18H37N3O5Si/c1-17(2,3)26-15(22)20-19-14-9-10-21(16(23)24)11-13(14)12-25-27(7,8)18(4,5)6/h13-14,19H,9-12H2,1-8H3,(H,20,22)(H,23,24). The van der Waals surface area contributed by atoms with Crippen molar-refractivity contribution in [1.29, 1.82) is 0 Å². The number of nitrogens with one attached hydrogen (secondary N) is 2. The van der Waals surface area contributed by atoms with Gasteiger partial charge in [0.1, 0.15) is 5.60 Å². The van der Waals surface area contributed by atoms with Crippen LogP contribution in [0, 0.1) is 5.92 Å². The topological polar surface area (TPSA) is 100 Å². The molecule has 0 aliphatic carbocycles. The summed E-state index contributed by atoms with van der Waals surface area (Å²) in [5.74, 6) is -0.0566. The van der Waals surface area contributed by atoms with Gasteiger partial charge in [-0.2, -0.15) is 0 Å². The molecular formula is C18H37N3O5Si. The predicted molar refractivity (Wildman–Crippen MR) is 107 cm³/mol. The van der Waals surface area contributed by atoms with Crippen molar-refractivity contribution in [2.24, 2.45) is 5.92 Å². The molecule has 3 N–H and O–H groups in total. The van der Waals surface area contributed by atoms with E-state index in [0.29, 0.717) is 26.1 Å². The van der Waals surface area contributed by atoms with E-state index in [2.05, 4.69) is 44.7 Å². The Morgan fingerprint density at radius 3 is 2.26 bits per heavy atom. The van der Waals surface area contributed by atoms with Crippen LogP contribution in [0.4, 0.5) is 9.59 Å². The summed E-state index contributed by atoms with van der Waals surface area (Å²) in [6.45, 7) is 17.5. The Morgan fingerprint density at radius 2 is 1.78 bits per heavy atom. The van der Waals surface area contributed by atoms with Crippen LogP contribution in [-0.4, -0.2) is 61.8 Å². The first-order valence-electron chi connectivity index (χ1n) is 9.49. The summed E-state index contributed by atoms with van der Waals surface area (Å²) in [6.07, 6.45) is -0.883. The van der Waals surface area contributed by atoms with Gasteiger partial charge in [-0.1, -0.05) is 20.8 Å². The molecule has 0 radical (unpaired) electrons. The summed E-state index contributed by atoms with van der Waals surface area (Å²) in [7, 11) is -1.95. The Labute approximate surface area is 164 Å². The van der Waals surface area contributed by atoms with Crippen LogP contribution in [0.15, 0.2) is 0 Å². The second-order valence-corrected chi connectivity index (χ2v) is 14.5. The van der Waals surface area contributed by atoms with E-state index in [0.717, 1.165) is 0 Å². The predicted octanol–water partition coefficient (Wildman–Crippen LogP) is 3.41. The fourth-order valence-electron chi connectivity index (χ4n) is 2.55. The second-order valence-electron chi connectivity index (χ2n) is 9.73. The summed E-state index contributed by atoms with van der Waals surface area (Å²) in [5, 5.41) is 9.40. The lowest BCUT2D eigenvalue weighted by Crippen LogP contribution is -2.57. The van der Waals surface area contributed by atoms with Crippen molar-refractivity contribution in [2.75, 3.05) is 19.7 Å². The normalized spacial score (nSPS) is 21.7. The fraction of sp³-hybridized carbons (Fsp3) is 0.889. The third kappa shape index (κ3) is 7.67. The van der Waals surface area contributed by atoms with Crippen molar-refractivity contribution in [2.45, 2.75) is 77.7 Å². The highest BCUT2D eigenvalue weighted by Gasteiger charge is 2.39. The molecule has 0 spiro atoms. The minimum atomic E-state index is -1.95. The van der Waals surface area contributed by atoms with Gasteiger partial charge in [-0.15, -0.1) is 0 Å². The first-order valence-corrected chi connectivity index (χ1v) is 12.4. The third-order valence-corrected chi connectivity index (χ3v) is 9.73. The van der Waals surface area contributed by atoms with E-state index in [1.807, 2.05) is 0 Å². The molecule has 0 aromatic carbocycles. The van der Waals surface area contributed by atoms with Gasteiger partial charge in [-0.3, -0.25) is 5.43 Å². The molecule has 8 nitrogen and oxygen atoms in total. The van der Waals surface area contributed by atoms with Crippen LogP contribution in [0.2, 0.25) is 18.1 Å². The van der Waals surface area contributed by atoms with Gasteiger partial charge in [-0.25, -0.2) is 15.0 Å². The first kappa shape index (κ1) is 23.7. The van der Waals surface area contributed by atoms with Gasteiger partial charge in [-0.05, 0) is 45.3 Å². The van der Waals surface area contributed by atoms with Gasteiger partial charge in [0, 0.05) is 31.7 Å². The van der Waals surface area contributed by atoms with E-state index in [-0.39, 0.29) is 17.0 Å². The van der Waals surface area contributed by atoms with Crippen molar-refractivity contribution >= 4 is 20.5 Å². The first-order chi connectivity index (χ1) is 12.1. The van der Waals surface area contributed by atoms with Crippen LogP contribution < -0.4 is 10.9 Å². The van der Waals surface area contributed by atoms with Crippen molar-refractivity contribution in [3.8, 4) is 0 Å². The Balaban J connectivity index is 2.73. The summed E-state index contributed by atoms with van der Waals surface area (Å²) in [6, 6.07) is -0.0853. The SMILES string of the molecule is CC(C)(C)OC(=O)NNC1CCN(C(=O)O)CC1CO[Si](C)(C)C(C)(C)C. The number of carboxylic acid groups (broad SMARTS) is 1. The van der Waals surface area contributed by atoms with Crippen molar-refractivity contribution < 1.29 is 23.9 Å². The van der Waals surface area contributed by atoms with Crippen LogP contribution in [0.25, 0.3) is 0 Å². The Hall–Kier alpha value is -1.32. The zero-order valence-corrected chi connectivity index (χ0v) is 19.0. The van der Waals surface area contributed by atoms with Gasteiger partial charge in [0.05, 0.1) is 0 Å². The number of hydrogen-bond donors (Lipinski definition) is 3. The minimum absolute atomic E-state index is 0.0566. The number of carbonyl (C=O) groups is 2. The molecule has 0 aromatic rings. The van der Waals surface area contributed by atoms with Crippen molar-refractivity contribution in [3.05, 3.63) is 0 Å².